The molecule has 2 rings (SSSR count). The van der Waals surface area contributed by atoms with Crippen LogP contribution in [0.1, 0.15) is 30.1 Å². The Hall–Kier alpha value is -0.480. The van der Waals surface area contributed by atoms with Crippen molar-refractivity contribution in [3.8, 4) is 0 Å². The third-order valence-electron chi connectivity index (χ3n) is 3.25. The van der Waals surface area contributed by atoms with E-state index in [-0.39, 0.29) is 5.91 Å². The van der Waals surface area contributed by atoms with E-state index in [0.29, 0.717) is 5.56 Å². The Morgan fingerprint density at radius 1 is 1.41 bits per heavy atom. The Balaban J connectivity index is 2.16. The van der Waals surface area contributed by atoms with E-state index in [1.165, 1.54) is 0 Å². The van der Waals surface area contributed by atoms with Crippen LogP contribution in [0.5, 0.6) is 0 Å². The molecule has 1 heterocycles. The first-order chi connectivity index (χ1) is 8.08. The molecule has 0 unspecified atom stereocenters. The van der Waals surface area contributed by atoms with Gasteiger partial charge in [-0.05, 0) is 52.9 Å². The van der Waals surface area contributed by atoms with Crippen molar-refractivity contribution in [3.05, 3.63) is 28.2 Å². The van der Waals surface area contributed by atoms with Crippen molar-refractivity contribution in [1.29, 1.82) is 0 Å². The summed E-state index contributed by atoms with van der Waals surface area (Å²) in [6.45, 7) is 3.97. The smallest absolute Gasteiger partial charge is 0.255 e. The monoisotopic (exact) mass is 313 g/mol. The summed E-state index contributed by atoms with van der Waals surface area (Å²) in [6, 6.07) is 5.58. The maximum Gasteiger partial charge on any atom is 0.255 e. The molecule has 1 amide bonds. The van der Waals surface area contributed by atoms with Gasteiger partial charge in [-0.2, -0.15) is 0 Å². The second kappa shape index (κ2) is 5.44. The molecule has 92 valence electrons. The number of piperidine rings is 1. The average molecular weight is 314 g/mol. The van der Waals surface area contributed by atoms with Gasteiger partial charge in [-0.1, -0.05) is 6.92 Å². The van der Waals surface area contributed by atoms with Crippen molar-refractivity contribution in [2.75, 3.05) is 13.1 Å². The second-order valence-electron chi connectivity index (χ2n) is 4.64. The van der Waals surface area contributed by atoms with Crippen LogP contribution in [0.25, 0.3) is 0 Å². The van der Waals surface area contributed by atoms with E-state index < -0.39 is 0 Å². The lowest BCUT2D eigenvalue weighted by Gasteiger charge is -2.30. The summed E-state index contributed by atoms with van der Waals surface area (Å²) in [6.07, 6.45) is 2.20. The lowest BCUT2D eigenvalue weighted by Crippen LogP contribution is -2.38. The molecule has 1 aromatic carbocycles. The lowest BCUT2D eigenvalue weighted by atomic mass is 9.98. The van der Waals surface area contributed by atoms with Crippen LogP contribution in [-0.2, 0) is 0 Å². The van der Waals surface area contributed by atoms with E-state index in [1.807, 2.05) is 23.1 Å². The number of thiol groups is 1. The Labute approximate surface area is 116 Å². The summed E-state index contributed by atoms with van der Waals surface area (Å²) in [7, 11) is 0. The molecular formula is C13H16BrNOS. The Morgan fingerprint density at radius 3 is 2.71 bits per heavy atom. The maximum absolute atomic E-state index is 12.3. The predicted octanol–water partition coefficient (Wildman–Crippen LogP) is 3.61. The SMILES string of the molecule is CC1CCN(C(=O)c2cc(S)ccc2Br)CC1. The summed E-state index contributed by atoms with van der Waals surface area (Å²) in [5.74, 6) is 0.846. The minimum absolute atomic E-state index is 0.111. The van der Waals surface area contributed by atoms with Gasteiger partial charge in [0.1, 0.15) is 0 Å². The van der Waals surface area contributed by atoms with Crippen LogP contribution in [0.4, 0.5) is 0 Å². The first-order valence-corrected chi connectivity index (χ1v) is 7.09. The second-order valence-corrected chi connectivity index (χ2v) is 6.01. The molecule has 1 saturated heterocycles. The molecule has 1 aliphatic heterocycles. The van der Waals surface area contributed by atoms with E-state index in [0.717, 1.165) is 41.2 Å². The number of carbonyl (C=O) groups is 1. The predicted molar refractivity (Wildman–Crippen MR) is 75.7 cm³/mol. The molecule has 2 nitrogen and oxygen atoms in total. The maximum atomic E-state index is 12.3. The van der Waals surface area contributed by atoms with E-state index >= 15 is 0 Å². The van der Waals surface area contributed by atoms with Gasteiger partial charge >= 0.3 is 0 Å². The molecule has 0 spiro atoms. The summed E-state index contributed by atoms with van der Waals surface area (Å²) in [5.41, 5.74) is 0.715. The number of amides is 1. The molecule has 1 aliphatic rings. The van der Waals surface area contributed by atoms with Crippen molar-refractivity contribution in [2.24, 2.45) is 5.92 Å². The first-order valence-electron chi connectivity index (χ1n) is 5.85. The number of likely N-dealkylation sites (tertiary alicyclic amines) is 1. The van der Waals surface area contributed by atoms with Crippen molar-refractivity contribution < 1.29 is 4.79 Å². The third-order valence-corrected chi connectivity index (χ3v) is 4.22. The molecule has 0 saturated carbocycles. The van der Waals surface area contributed by atoms with Crippen molar-refractivity contribution in [3.63, 3.8) is 0 Å². The van der Waals surface area contributed by atoms with Crippen LogP contribution in [0.3, 0.4) is 0 Å². The Morgan fingerprint density at radius 2 is 2.06 bits per heavy atom. The number of benzene rings is 1. The van der Waals surface area contributed by atoms with E-state index in [9.17, 15) is 4.79 Å². The fraction of sp³-hybridized carbons (Fsp3) is 0.462. The topological polar surface area (TPSA) is 20.3 Å². The lowest BCUT2D eigenvalue weighted by molar-refractivity contribution is 0.0696. The minimum atomic E-state index is 0.111. The van der Waals surface area contributed by atoms with Crippen molar-refractivity contribution in [1.82, 2.24) is 4.90 Å². The molecule has 0 atom stereocenters. The fourth-order valence-electron chi connectivity index (χ4n) is 2.06. The molecule has 0 radical (unpaired) electrons. The molecular weight excluding hydrogens is 298 g/mol. The van der Waals surface area contributed by atoms with Gasteiger partial charge < -0.3 is 4.90 Å². The first kappa shape index (κ1) is 13.0. The van der Waals surface area contributed by atoms with Crippen LogP contribution >= 0.6 is 28.6 Å². The highest BCUT2D eigenvalue weighted by Gasteiger charge is 2.22. The molecule has 0 N–H and O–H groups in total. The standard InChI is InChI=1S/C13H16BrNOS/c1-9-4-6-15(7-5-9)13(16)11-8-10(17)2-3-12(11)14/h2-3,8-9,17H,4-7H2,1H3. The van der Waals surface area contributed by atoms with Gasteiger partial charge in [0.15, 0.2) is 0 Å². The number of rotatable bonds is 1. The highest BCUT2D eigenvalue weighted by Crippen LogP contribution is 2.24. The molecule has 1 fully saturated rings. The zero-order chi connectivity index (χ0) is 12.4. The van der Waals surface area contributed by atoms with E-state index in [1.54, 1.807) is 0 Å². The normalized spacial score (nSPS) is 17.2. The molecule has 17 heavy (non-hydrogen) atoms. The van der Waals surface area contributed by atoms with Crippen LogP contribution in [0.2, 0.25) is 0 Å². The highest BCUT2D eigenvalue weighted by molar-refractivity contribution is 9.10. The summed E-state index contributed by atoms with van der Waals surface area (Å²) < 4.78 is 0.846. The number of halogens is 1. The average Bonchev–Trinajstić information content (AvgIpc) is 2.32. The van der Waals surface area contributed by atoms with Gasteiger partial charge in [0.05, 0.1) is 5.56 Å². The van der Waals surface area contributed by atoms with E-state index in [4.69, 9.17) is 0 Å². The third kappa shape index (κ3) is 3.05. The van der Waals surface area contributed by atoms with Gasteiger partial charge in [-0.25, -0.2) is 0 Å². The van der Waals surface area contributed by atoms with Crippen LogP contribution in [-0.4, -0.2) is 23.9 Å². The van der Waals surface area contributed by atoms with E-state index in [2.05, 4.69) is 35.5 Å². The molecule has 0 aromatic heterocycles. The molecule has 4 heteroatoms. The van der Waals surface area contributed by atoms with Gasteiger partial charge in [-0.15, -0.1) is 12.6 Å². The number of hydrogen-bond donors (Lipinski definition) is 1. The Kier molecular flexibility index (Phi) is 4.15. The van der Waals surface area contributed by atoms with Crippen LogP contribution in [0, 0.1) is 5.92 Å². The summed E-state index contributed by atoms with van der Waals surface area (Å²) in [5, 5.41) is 0. The summed E-state index contributed by atoms with van der Waals surface area (Å²) in [4.78, 5) is 15.1. The minimum Gasteiger partial charge on any atom is -0.339 e. The summed E-state index contributed by atoms with van der Waals surface area (Å²) >= 11 is 7.71. The molecule has 0 bridgehead atoms. The zero-order valence-electron chi connectivity index (χ0n) is 9.82. The highest BCUT2D eigenvalue weighted by atomic mass is 79.9. The van der Waals surface area contributed by atoms with Gasteiger partial charge in [-0.3, -0.25) is 4.79 Å². The number of nitrogens with zero attached hydrogens (tertiary/aromatic N) is 1. The van der Waals surface area contributed by atoms with Crippen LogP contribution < -0.4 is 0 Å². The fourth-order valence-corrected chi connectivity index (χ4v) is 2.68. The number of hydrogen-bond acceptors (Lipinski definition) is 2. The number of carbonyl (C=O) groups excluding carboxylic acids is 1. The molecule has 0 aliphatic carbocycles. The Bertz CT molecular complexity index is 427. The van der Waals surface area contributed by atoms with Gasteiger partial charge in [0, 0.05) is 22.5 Å². The van der Waals surface area contributed by atoms with Crippen molar-refractivity contribution in [2.45, 2.75) is 24.7 Å². The zero-order valence-corrected chi connectivity index (χ0v) is 12.3. The van der Waals surface area contributed by atoms with Crippen molar-refractivity contribution >= 4 is 34.5 Å². The van der Waals surface area contributed by atoms with Crippen LogP contribution in [0.15, 0.2) is 27.6 Å². The molecule has 1 aromatic rings. The van der Waals surface area contributed by atoms with Gasteiger partial charge in [0.25, 0.3) is 5.91 Å². The largest absolute Gasteiger partial charge is 0.339 e. The van der Waals surface area contributed by atoms with Gasteiger partial charge in [0.2, 0.25) is 0 Å². The quantitative estimate of drug-likeness (QED) is 0.785.